The molecule has 0 spiro atoms. The molecule has 0 saturated heterocycles. The third-order valence-corrected chi connectivity index (χ3v) is 2.77. The minimum atomic E-state index is -0.761. The van der Waals surface area contributed by atoms with E-state index >= 15 is 0 Å². The lowest BCUT2D eigenvalue weighted by molar-refractivity contribution is -0.135. The zero-order valence-corrected chi connectivity index (χ0v) is 11.4. The van der Waals surface area contributed by atoms with Gasteiger partial charge in [-0.25, -0.2) is 14.6 Å². The third kappa shape index (κ3) is 3.53. The highest BCUT2D eigenvalue weighted by molar-refractivity contribution is 6.31. The average Bonchev–Trinajstić information content (AvgIpc) is 2.56. The summed E-state index contributed by atoms with van der Waals surface area (Å²) >= 11 is 0. The molecule has 0 radical (unpaired) electrons. The second kappa shape index (κ2) is 6.98. The number of hydrogen-bond donors (Lipinski definition) is 0. The van der Waals surface area contributed by atoms with E-state index in [-0.39, 0.29) is 11.3 Å². The fourth-order valence-corrected chi connectivity index (χ4v) is 1.78. The van der Waals surface area contributed by atoms with Crippen LogP contribution < -0.4 is 0 Å². The van der Waals surface area contributed by atoms with Gasteiger partial charge in [0.2, 0.25) is 0 Å². The molecule has 2 aromatic rings. The molecule has 0 amide bonds. The van der Waals surface area contributed by atoms with Gasteiger partial charge >= 0.3 is 5.97 Å². The summed E-state index contributed by atoms with van der Waals surface area (Å²) in [4.78, 5) is 27.3. The fourth-order valence-electron chi connectivity index (χ4n) is 1.78. The Morgan fingerprint density at radius 2 is 1.57 bits per heavy atom. The molecule has 0 saturated carbocycles. The Hall–Kier alpha value is -2.97. The van der Waals surface area contributed by atoms with Crippen molar-refractivity contribution in [1.82, 2.24) is 0 Å². The van der Waals surface area contributed by atoms with Gasteiger partial charge in [0, 0.05) is 5.56 Å². The summed E-state index contributed by atoms with van der Waals surface area (Å²) in [6, 6.07) is 18.0. The van der Waals surface area contributed by atoms with Gasteiger partial charge in [0.25, 0.3) is 0 Å². The number of rotatable bonds is 4. The summed E-state index contributed by atoms with van der Waals surface area (Å²) in [6.45, 7) is 0. The number of para-hydroxylation sites is 1. The molecular formula is C17H13NO3. The van der Waals surface area contributed by atoms with Crippen LogP contribution in [0.3, 0.4) is 0 Å². The van der Waals surface area contributed by atoms with Crippen molar-refractivity contribution >= 4 is 23.3 Å². The van der Waals surface area contributed by atoms with Gasteiger partial charge in [-0.2, -0.15) is 0 Å². The first-order valence-corrected chi connectivity index (χ1v) is 6.29. The van der Waals surface area contributed by atoms with E-state index in [2.05, 4.69) is 9.73 Å². The maximum atomic E-state index is 11.7. The summed E-state index contributed by atoms with van der Waals surface area (Å²) in [6.07, 6.45) is 0. The molecule has 0 aliphatic carbocycles. The maximum Gasteiger partial charge on any atom is 0.351 e. The molecule has 0 aliphatic heterocycles. The second-order valence-electron chi connectivity index (χ2n) is 4.13. The molecule has 0 heterocycles. The first-order chi connectivity index (χ1) is 10.3. The molecule has 2 rings (SSSR count). The minimum Gasteiger partial charge on any atom is -0.465 e. The van der Waals surface area contributed by atoms with Gasteiger partial charge < -0.3 is 4.74 Å². The van der Waals surface area contributed by atoms with Gasteiger partial charge in [-0.15, -0.1) is 0 Å². The van der Waals surface area contributed by atoms with Gasteiger partial charge in [0.15, 0.2) is 5.57 Å². The Balaban J connectivity index is 2.58. The number of aliphatic imine (C=N–C) groups is 1. The molecule has 104 valence electrons. The quantitative estimate of drug-likeness (QED) is 0.374. The van der Waals surface area contributed by atoms with E-state index in [0.717, 1.165) is 0 Å². The molecule has 0 bridgehead atoms. The largest absolute Gasteiger partial charge is 0.465 e. The molecule has 4 nitrogen and oxygen atoms in total. The normalized spacial score (nSPS) is 10.6. The zero-order chi connectivity index (χ0) is 15.1. The number of nitrogens with zero attached hydrogens (tertiary/aromatic N) is 1. The Morgan fingerprint density at radius 3 is 2.10 bits per heavy atom. The van der Waals surface area contributed by atoms with Gasteiger partial charge in [0.1, 0.15) is 5.94 Å². The number of hydrogen-bond acceptors (Lipinski definition) is 4. The van der Waals surface area contributed by atoms with Crippen molar-refractivity contribution < 1.29 is 14.3 Å². The van der Waals surface area contributed by atoms with Gasteiger partial charge in [-0.1, -0.05) is 48.5 Å². The summed E-state index contributed by atoms with van der Waals surface area (Å²) in [5, 5.41) is 0. The highest BCUT2D eigenvalue weighted by atomic mass is 16.5. The Morgan fingerprint density at radius 1 is 1.00 bits per heavy atom. The van der Waals surface area contributed by atoms with Crippen molar-refractivity contribution in [1.29, 1.82) is 0 Å². The van der Waals surface area contributed by atoms with Gasteiger partial charge in [0.05, 0.1) is 18.5 Å². The van der Waals surface area contributed by atoms with E-state index in [1.54, 1.807) is 42.3 Å². The molecule has 0 atom stereocenters. The lowest BCUT2D eigenvalue weighted by Crippen LogP contribution is -2.16. The Labute approximate surface area is 122 Å². The SMILES string of the molecule is COC(=O)C(=C=O)C(=Nc1ccccc1)c1ccccc1. The molecular weight excluding hydrogens is 266 g/mol. The van der Waals surface area contributed by atoms with Crippen molar-refractivity contribution in [2.45, 2.75) is 0 Å². The van der Waals surface area contributed by atoms with Gasteiger partial charge in [-0.3, -0.25) is 0 Å². The van der Waals surface area contributed by atoms with Crippen LogP contribution in [0.2, 0.25) is 0 Å². The number of carbonyl (C=O) groups is 1. The molecule has 0 aliphatic rings. The average molecular weight is 279 g/mol. The predicted molar refractivity (Wildman–Crippen MR) is 80.3 cm³/mol. The summed E-state index contributed by atoms with van der Waals surface area (Å²) in [5.74, 6) is 0.872. The second-order valence-corrected chi connectivity index (χ2v) is 4.13. The van der Waals surface area contributed by atoms with Crippen molar-refractivity contribution in [2.75, 3.05) is 7.11 Å². The number of benzene rings is 2. The monoisotopic (exact) mass is 279 g/mol. The molecule has 2 aromatic carbocycles. The topological polar surface area (TPSA) is 55.7 Å². The van der Waals surface area contributed by atoms with Crippen molar-refractivity contribution in [3.05, 3.63) is 71.8 Å². The maximum absolute atomic E-state index is 11.7. The number of ether oxygens (including phenoxy) is 1. The lowest BCUT2D eigenvalue weighted by Gasteiger charge is -2.07. The highest BCUT2D eigenvalue weighted by Gasteiger charge is 2.20. The minimum absolute atomic E-state index is 0.229. The molecule has 0 unspecified atom stereocenters. The third-order valence-electron chi connectivity index (χ3n) is 2.77. The molecule has 21 heavy (non-hydrogen) atoms. The van der Waals surface area contributed by atoms with E-state index in [4.69, 9.17) is 0 Å². The van der Waals surface area contributed by atoms with Crippen LogP contribution >= 0.6 is 0 Å². The number of esters is 1. The lowest BCUT2D eigenvalue weighted by atomic mass is 10.0. The zero-order valence-electron chi connectivity index (χ0n) is 11.4. The predicted octanol–water partition coefficient (Wildman–Crippen LogP) is 2.74. The van der Waals surface area contributed by atoms with Crippen LogP contribution in [0.15, 0.2) is 71.2 Å². The van der Waals surface area contributed by atoms with E-state index in [1.807, 2.05) is 24.3 Å². The van der Waals surface area contributed by atoms with Crippen molar-refractivity contribution in [3.8, 4) is 0 Å². The van der Waals surface area contributed by atoms with Crippen molar-refractivity contribution in [3.63, 3.8) is 0 Å². The number of methoxy groups -OCH3 is 1. The van der Waals surface area contributed by atoms with E-state index in [9.17, 15) is 9.59 Å². The smallest absolute Gasteiger partial charge is 0.351 e. The van der Waals surface area contributed by atoms with Crippen LogP contribution in [0.25, 0.3) is 0 Å². The first-order valence-electron chi connectivity index (χ1n) is 6.29. The van der Waals surface area contributed by atoms with Crippen LogP contribution in [0.1, 0.15) is 5.56 Å². The van der Waals surface area contributed by atoms with Crippen molar-refractivity contribution in [2.24, 2.45) is 4.99 Å². The standard InChI is InChI=1S/C17H13NO3/c1-21-17(20)15(12-19)16(13-8-4-2-5-9-13)18-14-10-6-3-7-11-14/h2-11H,1H3. The van der Waals surface area contributed by atoms with Crippen LogP contribution in [0.4, 0.5) is 5.69 Å². The van der Waals surface area contributed by atoms with Crippen LogP contribution in [0.5, 0.6) is 0 Å². The first kappa shape index (κ1) is 14.4. The summed E-state index contributed by atoms with van der Waals surface area (Å²) in [5.41, 5.74) is 1.29. The van der Waals surface area contributed by atoms with E-state index < -0.39 is 5.97 Å². The Kier molecular flexibility index (Phi) is 4.80. The van der Waals surface area contributed by atoms with Gasteiger partial charge in [-0.05, 0) is 12.1 Å². The summed E-state index contributed by atoms with van der Waals surface area (Å²) < 4.78 is 4.62. The van der Waals surface area contributed by atoms with E-state index in [0.29, 0.717) is 11.3 Å². The molecule has 0 N–H and O–H groups in total. The van der Waals surface area contributed by atoms with Crippen LogP contribution in [-0.4, -0.2) is 24.7 Å². The number of carbonyl (C=O) groups excluding carboxylic acids is 2. The summed E-state index contributed by atoms with van der Waals surface area (Å²) in [7, 11) is 1.21. The van der Waals surface area contributed by atoms with Crippen LogP contribution in [-0.2, 0) is 14.3 Å². The molecule has 4 heteroatoms. The molecule has 0 fully saturated rings. The van der Waals surface area contributed by atoms with E-state index in [1.165, 1.54) is 7.11 Å². The Bertz CT molecular complexity index is 699. The highest BCUT2D eigenvalue weighted by Crippen LogP contribution is 2.17. The molecule has 0 aromatic heterocycles. The van der Waals surface area contributed by atoms with Crippen LogP contribution in [0, 0.1) is 0 Å². The fraction of sp³-hybridized carbons (Fsp3) is 0.0588.